The van der Waals surface area contributed by atoms with Gasteiger partial charge in [-0.25, -0.2) is 9.37 Å². The summed E-state index contributed by atoms with van der Waals surface area (Å²) >= 11 is 1.06. The number of rotatable bonds is 6. The van der Waals surface area contributed by atoms with E-state index in [2.05, 4.69) is 15.3 Å². The van der Waals surface area contributed by atoms with E-state index in [0.717, 1.165) is 22.7 Å². The van der Waals surface area contributed by atoms with Gasteiger partial charge < -0.3 is 15.0 Å². The second kappa shape index (κ2) is 9.03. The summed E-state index contributed by atoms with van der Waals surface area (Å²) in [5.74, 6) is -0.201. The van der Waals surface area contributed by atoms with Gasteiger partial charge in [-0.15, -0.1) is 0 Å². The van der Waals surface area contributed by atoms with Crippen molar-refractivity contribution in [3.05, 3.63) is 89.0 Å². The lowest BCUT2D eigenvalue weighted by Gasteiger charge is -2.13. The summed E-state index contributed by atoms with van der Waals surface area (Å²) in [6.07, 6.45) is 0. The number of nitrogens with one attached hydrogen (secondary N) is 2. The Labute approximate surface area is 197 Å². The summed E-state index contributed by atoms with van der Waals surface area (Å²) in [4.78, 5) is 33.8. The molecule has 0 saturated heterocycles. The number of H-pyrrole nitrogens is 1. The first-order valence-corrected chi connectivity index (χ1v) is 11.4. The Morgan fingerprint density at radius 3 is 2.59 bits per heavy atom. The summed E-state index contributed by atoms with van der Waals surface area (Å²) in [5, 5.41) is 3.80. The molecule has 9 heteroatoms. The number of para-hydroxylation sites is 2. The van der Waals surface area contributed by atoms with Crippen LogP contribution in [0.1, 0.15) is 0 Å². The van der Waals surface area contributed by atoms with E-state index >= 15 is 0 Å². The van der Waals surface area contributed by atoms with Crippen LogP contribution in [0.25, 0.3) is 27.6 Å². The van der Waals surface area contributed by atoms with Gasteiger partial charge in [-0.2, -0.15) is 0 Å². The quantitative estimate of drug-likeness (QED) is 0.274. The minimum absolute atomic E-state index is 0.0270. The second-order valence-corrected chi connectivity index (χ2v) is 8.39. The van der Waals surface area contributed by atoms with Crippen LogP contribution < -0.4 is 15.6 Å². The van der Waals surface area contributed by atoms with Crippen LogP contribution in [-0.4, -0.2) is 33.3 Å². The van der Waals surface area contributed by atoms with Crippen LogP contribution >= 0.6 is 11.8 Å². The number of hydrogen-bond acceptors (Lipinski definition) is 5. The van der Waals surface area contributed by atoms with Gasteiger partial charge in [0.15, 0.2) is 5.16 Å². The highest BCUT2D eigenvalue weighted by molar-refractivity contribution is 7.99. The summed E-state index contributed by atoms with van der Waals surface area (Å²) < 4.78 is 21.0. The highest BCUT2D eigenvalue weighted by Gasteiger charge is 2.19. The molecule has 0 aliphatic rings. The molecular formula is C25H19FN4O3S. The van der Waals surface area contributed by atoms with Crippen LogP contribution in [0.3, 0.4) is 0 Å². The second-order valence-electron chi connectivity index (χ2n) is 7.45. The molecule has 2 heterocycles. The van der Waals surface area contributed by atoms with Crippen molar-refractivity contribution in [1.29, 1.82) is 0 Å². The lowest BCUT2D eigenvalue weighted by Crippen LogP contribution is -2.23. The molecule has 0 radical (unpaired) electrons. The number of hydrogen-bond donors (Lipinski definition) is 2. The Morgan fingerprint density at radius 1 is 1.09 bits per heavy atom. The minimum Gasteiger partial charge on any atom is -0.497 e. The Balaban J connectivity index is 1.53. The van der Waals surface area contributed by atoms with Crippen LogP contribution in [0, 0.1) is 5.82 Å². The molecule has 0 unspecified atom stereocenters. The van der Waals surface area contributed by atoms with Crippen molar-refractivity contribution in [2.45, 2.75) is 5.16 Å². The van der Waals surface area contributed by atoms with Gasteiger partial charge in [0.2, 0.25) is 5.91 Å². The highest BCUT2D eigenvalue weighted by Crippen LogP contribution is 2.27. The molecule has 0 saturated carbocycles. The van der Waals surface area contributed by atoms with Gasteiger partial charge in [0.25, 0.3) is 5.56 Å². The van der Waals surface area contributed by atoms with Crippen molar-refractivity contribution in [2.24, 2.45) is 0 Å². The van der Waals surface area contributed by atoms with Crippen LogP contribution in [0.4, 0.5) is 10.1 Å². The molecule has 7 nitrogen and oxygen atoms in total. The lowest BCUT2D eigenvalue weighted by molar-refractivity contribution is -0.113. The fraction of sp³-hybridized carbons (Fsp3) is 0.0800. The monoisotopic (exact) mass is 474 g/mol. The molecule has 5 aromatic rings. The third-order valence-corrected chi connectivity index (χ3v) is 6.23. The van der Waals surface area contributed by atoms with E-state index in [-0.39, 0.29) is 28.0 Å². The predicted octanol–water partition coefficient (Wildman–Crippen LogP) is 4.75. The smallest absolute Gasteiger partial charge is 0.283 e. The zero-order valence-electron chi connectivity index (χ0n) is 18.0. The summed E-state index contributed by atoms with van der Waals surface area (Å²) in [5.41, 5.74) is 1.74. The van der Waals surface area contributed by atoms with Crippen molar-refractivity contribution in [2.75, 3.05) is 18.2 Å². The fourth-order valence-electron chi connectivity index (χ4n) is 3.69. The number of carbonyl (C=O) groups is 1. The molecule has 0 spiro atoms. The zero-order chi connectivity index (χ0) is 23.7. The Kier molecular flexibility index (Phi) is 5.77. The Bertz CT molecular complexity index is 1580. The molecule has 0 fully saturated rings. The lowest BCUT2D eigenvalue weighted by atomic mass is 10.2. The van der Waals surface area contributed by atoms with Crippen molar-refractivity contribution in [1.82, 2.24) is 14.5 Å². The van der Waals surface area contributed by atoms with Gasteiger partial charge >= 0.3 is 0 Å². The third-order valence-electron chi connectivity index (χ3n) is 5.29. The number of halogens is 1. The number of aromatic amines is 1. The zero-order valence-corrected chi connectivity index (χ0v) is 18.9. The maximum Gasteiger partial charge on any atom is 0.283 e. The van der Waals surface area contributed by atoms with Gasteiger partial charge in [-0.1, -0.05) is 42.1 Å². The predicted molar refractivity (Wildman–Crippen MR) is 132 cm³/mol. The SMILES string of the molecule is COc1ccc(NC(=O)CSc2nc3c([nH]c4ccccc43)c(=O)n2-c2ccccc2F)cc1. The van der Waals surface area contributed by atoms with Gasteiger partial charge in [0.1, 0.15) is 22.6 Å². The number of amides is 1. The Morgan fingerprint density at radius 2 is 1.82 bits per heavy atom. The van der Waals surface area contributed by atoms with Crippen LogP contribution in [0.2, 0.25) is 0 Å². The number of thioether (sulfide) groups is 1. The molecule has 2 aromatic heterocycles. The number of methoxy groups -OCH3 is 1. The number of aromatic nitrogens is 3. The van der Waals surface area contributed by atoms with E-state index in [1.807, 2.05) is 24.3 Å². The summed E-state index contributed by atoms with van der Waals surface area (Å²) in [6, 6.07) is 20.3. The molecule has 5 rings (SSSR count). The molecule has 0 bridgehead atoms. The average molecular weight is 475 g/mol. The highest BCUT2D eigenvalue weighted by atomic mass is 32.2. The molecule has 0 atom stereocenters. The van der Waals surface area contributed by atoms with E-state index in [0.29, 0.717) is 17.0 Å². The molecular weight excluding hydrogens is 455 g/mol. The molecule has 0 aliphatic heterocycles. The normalized spacial score (nSPS) is 11.1. The first-order chi connectivity index (χ1) is 16.5. The third kappa shape index (κ3) is 4.01. The fourth-order valence-corrected chi connectivity index (χ4v) is 4.48. The first-order valence-electron chi connectivity index (χ1n) is 10.4. The van der Waals surface area contributed by atoms with Gasteiger partial charge in [0.05, 0.1) is 18.6 Å². The number of ether oxygens (including phenoxy) is 1. The van der Waals surface area contributed by atoms with Gasteiger partial charge in [-0.3, -0.25) is 14.2 Å². The summed E-state index contributed by atoms with van der Waals surface area (Å²) in [7, 11) is 1.57. The molecule has 170 valence electrons. The largest absolute Gasteiger partial charge is 0.497 e. The first kappa shape index (κ1) is 21.7. The van der Waals surface area contributed by atoms with Crippen LogP contribution in [-0.2, 0) is 4.79 Å². The van der Waals surface area contributed by atoms with Crippen molar-refractivity contribution >= 4 is 45.3 Å². The molecule has 34 heavy (non-hydrogen) atoms. The van der Waals surface area contributed by atoms with E-state index in [1.165, 1.54) is 16.7 Å². The standard InChI is InChI=1S/C25H19FN4O3S/c1-33-16-12-10-15(11-13-16)27-21(31)14-34-25-29-22-17-6-2-4-8-19(17)28-23(22)24(32)30(25)20-9-5-3-7-18(20)26/h2-13,28H,14H2,1H3,(H,27,31). The minimum atomic E-state index is -0.564. The van der Waals surface area contributed by atoms with Crippen molar-refractivity contribution in [3.8, 4) is 11.4 Å². The maximum atomic E-state index is 14.7. The van der Waals surface area contributed by atoms with Crippen LogP contribution in [0.5, 0.6) is 5.75 Å². The van der Waals surface area contributed by atoms with E-state index in [9.17, 15) is 14.0 Å². The topological polar surface area (TPSA) is 89.0 Å². The number of anilines is 1. The molecule has 3 aromatic carbocycles. The number of fused-ring (bicyclic) bond motifs is 3. The van der Waals surface area contributed by atoms with E-state index in [1.54, 1.807) is 43.5 Å². The number of benzene rings is 3. The summed E-state index contributed by atoms with van der Waals surface area (Å²) in [6.45, 7) is 0. The Hall–Kier alpha value is -4.11. The average Bonchev–Trinajstić information content (AvgIpc) is 3.23. The maximum absolute atomic E-state index is 14.7. The number of nitrogens with zero attached hydrogens (tertiary/aromatic N) is 2. The van der Waals surface area contributed by atoms with E-state index in [4.69, 9.17) is 4.74 Å². The van der Waals surface area contributed by atoms with Crippen LogP contribution in [0.15, 0.2) is 82.7 Å². The van der Waals surface area contributed by atoms with Crippen molar-refractivity contribution in [3.63, 3.8) is 0 Å². The van der Waals surface area contributed by atoms with E-state index < -0.39 is 11.4 Å². The molecule has 2 N–H and O–H groups in total. The van der Waals surface area contributed by atoms with Crippen molar-refractivity contribution < 1.29 is 13.9 Å². The number of carbonyl (C=O) groups excluding carboxylic acids is 1. The molecule has 0 aliphatic carbocycles. The van der Waals surface area contributed by atoms with Gasteiger partial charge in [0, 0.05) is 16.6 Å². The van der Waals surface area contributed by atoms with Gasteiger partial charge in [-0.05, 0) is 42.5 Å². The molecule has 1 amide bonds.